The van der Waals surface area contributed by atoms with E-state index in [-0.39, 0.29) is 12.5 Å². The summed E-state index contributed by atoms with van der Waals surface area (Å²) in [5, 5.41) is 14.5. The number of rotatable bonds is 2. The van der Waals surface area contributed by atoms with Gasteiger partial charge >= 0.3 is 6.09 Å². The average molecular weight is 214 g/mol. The van der Waals surface area contributed by atoms with Crippen LogP contribution in [-0.4, -0.2) is 22.0 Å². The molecule has 0 fully saturated rings. The van der Waals surface area contributed by atoms with Crippen LogP contribution in [0.4, 0.5) is 10.7 Å². The number of nitrogens with one attached hydrogen (secondary N) is 1. The van der Waals surface area contributed by atoms with E-state index in [4.69, 9.17) is 14.4 Å². The number of carbonyl (C=O) groups excluding carboxylic acids is 1. The van der Waals surface area contributed by atoms with Gasteiger partial charge in [-0.25, -0.2) is 4.79 Å². The van der Waals surface area contributed by atoms with Gasteiger partial charge in [-0.05, 0) is 20.8 Å². The summed E-state index contributed by atoms with van der Waals surface area (Å²) in [5.41, 5.74) is -0.217. The molecule has 84 valence electrons. The first-order valence-corrected chi connectivity index (χ1v) is 4.47. The van der Waals surface area contributed by atoms with Crippen LogP contribution >= 0.6 is 0 Å². The Hall–Kier alpha value is -1.56. The van der Waals surface area contributed by atoms with Crippen LogP contribution in [0.5, 0.6) is 0 Å². The van der Waals surface area contributed by atoms with E-state index in [1.54, 1.807) is 20.8 Å². The fraction of sp³-hybridized carbons (Fsp3) is 0.556. The van der Waals surface area contributed by atoms with E-state index in [2.05, 4.69) is 10.5 Å². The molecule has 6 nitrogen and oxygen atoms in total. The standard InChI is InChI=1S/C9H14N2O4/c1-9(2,3)14-8(13)10-7-4-6(5-12)11-15-7/h4,12H,5H2,1-3H3,(H,10,13). The van der Waals surface area contributed by atoms with Gasteiger partial charge in [-0.15, -0.1) is 0 Å². The molecule has 0 radical (unpaired) electrons. The number of ether oxygens (including phenoxy) is 1. The van der Waals surface area contributed by atoms with E-state index in [1.165, 1.54) is 6.07 Å². The number of hydrogen-bond acceptors (Lipinski definition) is 5. The third kappa shape index (κ3) is 3.99. The van der Waals surface area contributed by atoms with Gasteiger partial charge < -0.3 is 14.4 Å². The zero-order valence-electron chi connectivity index (χ0n) is 8.90. The highest BCUT2D eigenvalue weighted by Gasteiger charge is 2.17. The van der Waals surface area contributed by atoms with Crippen molar-refractivity contribution in [3.8, 4) is 0 Å². The van der Waals surface area contributed by atoms with E-state index in [9.17, 15) is 4.79 Å². The van der Waals surface area contributed by atoms with E-state index in [1.807, 2.05) is 0 Å². The van der Waals surface area contributed by atoms with Crippen molar-refractivity contribution in [3.05, 3.63) is 11.8 Å². The third-order valence-corrected chi connectivity index (χ3v) is 1.35. The van der Waals surface area contributed by atoms with Crippen LogP contribution < -0.4 is 5.32 Å². The summed E-state index contributed by atoms with van der Waals surface area (Å²) >= 11 is 0. The summed E-state index contributed by atoms with van der Waals surface area (Å²) in [6.07, 6.45) is -0.622. The first kappa shape index (κ1) is 11.5. The lowest BCUT2D eigenvalue weighted by atomic mass is 10.2. The van der Waals surface area contributed by atoms with Crippen molar-refractivity contribution in [2.45, 2.75) is 33.0 Å². The number of hydrogen-bond donors (Lipinski definition) is 2. The molecule has 6 heteroatoms. The quantitative estimate of drug-likeness (QED) is 0.779. The van der Waals surface area contributed by atoms with Crippen molar-refractivity contribution in [2.75, 3.05) is 5.32 Å². The minimum Gasteiger partial charge on any atom is -0.444 e. The third-order valence-electron chi connectivity index (χ3n) is 1.35. The summed E-state index contributed by atoms with van der Waals surface area (Å²) in [6, 6.07) is 1.42. The summed E-state index contributed by atoms with van der Waals surface area (Å²) in [4.78, 5) is 11.2. The predicted octanol–water partition coefficient (Wildman–Crippen LogP) is 1.51. The molecule has 0 aliphatic rings. The molecular formula is C9H14N2O4. The second-order valence-corrected chi connectivity index (χ2v) is 3.97. The molecule has 0 bridgehead atoms. The second kappa shape index (κ2) is 4.31. The van der Waals surface area contributed by atoms with Gasteiger partial charge in [-0.3, -0.25) is 5.32 Å². The second-order valence-electron chi connectivity index (χ2n) is 3.97. The molecule has 1 rings (SSSR count). The maximum absolute atomic E-state index is 11.2. The lowest BCUT2D eigenvalue weighted by Gasteiger charge is -2.18. The Morgan fingerprint density at radius 2 is 2.33 bits per heavy atom. The van der Waals surface area contributed by atoms with Gasteiger partial charge in [0.15, 0.2) is 0 Å². The van der Waals surface area contributed by atoms with Gasteiger partial charge in [0, 0.05) is 6.07 Å². The van der Waals surface area contributed by atoms with Crippen LogP contribution in [0.1, 0.15) is 26.5 Å². The highest BCUT2D eigenvalue weighted by molar-refractivity contribution is 5.83. The molecule has 0 aliphatic heterocycles. The van der Waals surface area contributed by atoms with E-state index >= 15 is 0 Å². The smallest absolute Gasteiger partial charge is 0.414 e. The Labute approximate surface area is 87.2 Å². The van der Waals surface area contributed by atoms with Crippen LogP contribution in [-0.2, 0) is 11.3 Å². The van der Waals surface area contributed by atoms with Gasteiger partial charge in [0.05, 0.1) is 6.61 Å². The summed E-state index contributed by atoms with van der Waals surface area (Å²) in [7, 11) is 0. The first-order valence-electron chi connectivity index (χ1n) is 4.47. The van der Waals surface area contributed by atoms with Crippen molar-refractivity contribution in [1.29, 1.82) is 0 Å². The molecule has 0 spiro atoms. The number of carbonyl (C=O) groups is 1. The number of aliphatic hydroxyl groups is 1. The van der Waals surface area contributed by atoms with Crippen LogP contribution in [0.15, 0.2) is 10.6 Å². The molecule has 0 saturated heterocycles. The van der Waals surface area contributed by atoms with Gasteiger partial charge in [-0.1, -0.05) is 5.16 Å². The fourth-order valence-corrected chi connectivity index (χ4v) is 0.849. The first-order chi connectivity index (χ1) is 6.90. The molecule has 0 saturated carbocycles. The number of amides is 1. The van der Waals surface area contributed by atoms with Crippen molar-refractivity contribution in [1.82, 2.24) is 5.16 Å². The highest BCUT2D eigenvalue weighted by Crippen LogP contribution is 2.12. The van der Waals surface area contributed by atoms with Crippen molar-refractivity contribution in [2.24, 2.45) is 0 Å². The highest BCUT2D eigenvalue weighted by atomic mass is 16.6. The number of aliphatic hydroxyl groups excluding tert-OH is 1. The zero-order chi connectivity index (χ0) is 11.5. The Morgan fingerprint density at radius 1 is 1.67 bits per heavy atom. The number of nitrogens with zero attached hydrogens (tertiary/aromatic N) is 1. The van der Waals surface area contributed by atoms with E-state index in [0.29, 0.717) is 5.69 Å². The largest absolute Gasteiger partial charge is 0.444 e. The molecule has 1 amide bonds. The van der Waals surface area contributed by atoms with Crippen LogP contribution in [0, 0.1) is 0 Å². The Balaban J connectivity index is 2.51. The lowest BCUT2D eigenvalue weighted by molar-refractivity contribution is 0.0631. The topological polar surface area (TPSA) is 84.6 Å². The molecule has 15 heavy (non-hydrogen) atoms. The Bertz CT molecular complexity index is 340. The molecule has 1 heterocycles. The predicted molar refractivity (Wildman–Crippen MR) is 52.3 cm³/mol. The van der Waals surface area contributed by atoms with Gasteiger partial charge in [-0.2, -0.15) is 0 Å². The average Bonchev–Trinajstić information content (AvgIpc) is 2.48. The van der Waals surface area contributed by atoms with Gasteiger partial charge in [0.1, 0.15) is 11.3 Å². The molecule has 1 aromatic heterocycles. The summed E-state index contributed by atoms with van der Waals surface area (Å²) in [6.45, 7) is 5.03. The maximum Gasteiger partial charge on any atom is 0.414 e. The Kier molecular flexibility index (Phi) is 3.31. The van der Waals surface area contributed by atoms with E-state index in [0.717, 1.165) is 0 Å². The van der Waals surface area contributed by atoms with Crippen molar-refractivity contribution in [3.63, 3.8) is 0 Å². The summed E-state index contributed by atoms with van der Waals surface area (Å²) < 4.78 is 9.70. The Morgan fingerprint density at radius 3 is 2.80 bits per heavy atom. The monoisotopic (exact) mass is 214 g/mol. The zero-order valence-corrected chi connectivity index (χ0v) is 8.90. The van der Waals surface area contributed by atoms with Crippen LogP contribution in [0.3, 0.4) is 0 Å². The minimum absolute atomic E-state index is 0.147. The maximum atomic E-state index is 11.2. The van der Waals surface area contributed by atoms with Crippen molar-refractivity contribution < 1.29 is 19.2 Å². The van der Waals surface area contributed by atoms with Gasteiger partial charge in [0.25, 0.3) is 0 Å². The molecule has 1 aromatic rings. The molecular weight excluding hydrogens is 200 g/mol. The van der Waals surface area contributed by atoms with Crippen LogP contribution in [0.2, 0.25) is 0 Å². The number of anilines is 1. The molecule has 0 unspecified atom stereocenters. The molecule has 2 N–H and O–H groups in total. The molecule has 0 aliphatic carbocycles. The molecule has 0 atom stereocenters. The molecule has 0 aromatic carbocycles. The minimum atomic E-state index is -0.622. The number of aromatic nitrogens is 1. The van der Waals surface area contributed by atoms with Crippen LogP contribution in [0.25, 0.3) is 0 Å². The summed E-state index contributed by atoms with van der Waals surface area (Å²) in [5.74, 6) is 0.147. The van der Waals surface area contributed by atoms with E-state index < -0.39 is 11.7 Å². The normalized spacial score (nSPS) is 11.2. The van der Waals surface area contributed by atoms with Gasteiger partial charge in [0.2, 0.25) is 5.88 Å². The fourth-order valence-electron chi connectivity index (χ4n) is 0.849. The van der Waals surface area contributed by atoms with Crippen molar-refractivity contribution >= 4 is 12.0 Å². The lowest BCUT2D eigenvalue weighted by Crippen LogP contribution is -2.27. The SMILES string of the molecule is CC(C)(C)OC(=O)Nc1cc(CO)no1.